The molecule has 2 aliphatic rings. The van der Waals surface area contributed by atoms with E-state index in [9.17, 15) is 30.8 Å². The first-order valence-electron chi connectivity index (χ1n) is 13.4. The third kappa shape index (κ3) is 5.46. The van der Waals surface area contributed by atoms with Crippen molar-refractivity contribution in [1.82, 2.24) is 20.3 Å². The summed E-state index contributed by atoms with van der Waals surface area (Å²) < 4.78 is 92.2. The highest BCUT2D eigenvalue weighted by Gasteiger charge is 2.59. The Bertz CT molecular complexity index is 1870. The van der Waals surface area contributed by atoms with Crippen molar-refractivity contribution < 1.29 is 40.2 Å². The lowest BCUT2D eigenvalue weighted by atomic mass is 10.1. The number of hydrogen-bond donors (Lipinski definition) is 1. The molecule has 2 atom stereocenters. The number of nitrogens with one attached hydrogen (secondary N) is 1. The molecule has 1 N–H and O–H groups in total. The molecule has 43 heavy (non-hydrogen) atoms. The van der Waals surface area contributed by atoms with Crippen LogP contribution in [0.4, 0.5) is 17.6 Å². The van der Waals surface area contributed by atoms with Crippen molar-refractivity contribution in [3.63, 3.8) is 0 Å². The van der Waals surface area contributed by atoms with E-state index in [1.54, 1.807) is 37.3 Å². The molecule has 224 valence electrons. The van der Waals surface area contributed by atoms with Gasteiger partial charge in [0.2, 0.25) is 15.3 Å². The van der Waals surface area contributed by atoms with Gasteiger partial charge in [-0.3, -0.25) is 9.78 Å². The van der Waals surface area contributed by atoms with Gasteiger partial charge >= 0.3 is 0 Å². The molecule has 0 bridgehead atoms. The summed E-state index contributed by atoms with van der Waals surface area (Å²) in [4.78, 5) is 25.5. The minimum absolute atomic E-state index is 0.128. The molecule has 4 heterocycles. The molecule has 1 aliphatic carbocycles. The van der Waals surface area contributed by atoms with Crippen molar-refractivity contribution in [3.8, 4) is 22.9 Å². The van der Waals surface area contributed by atoms with E-state index in [0.717, 1.165) is 12.1 Å². The SMILES string of the molecule is CCOc1ccc(-c2ccc3cnc(CNC(=O)c4cc(F)c5c(c4)S(=O)(=O)[C@@H](F)CCO5)cc3n2)nc1[C@H]1CC1(F)F. The summed E-state index contributed by atoms with van der Waals surface area (Å²) in [6.45, 7) is 1.61. The van der Waals surface area contributed by atoms with Gasteiger partial charge in [-0.2, -0.15) is 0 Å². The monoisotopic (exact) mass is 616 g/mol. The van der Waals surface area contributed by atoms with Crippen LogP contribution in [0.15, 0.2) is 53.6 Å². The van der Waals surface area contributed by atoms with Crippen LogP contribution in [0.25, 0.3) is 22.3 Å². The summed E-state index contributed by atoms with van der Waals surface area (Å²) in [6, 6.07) is 9.99. The van der Waals surface area contributed by atoms with Crippen LogP contribution in [0.2, 0.25) is 0 Å². The van der Waals surface area contributed by atoms with Gasteiger partial charge in [0.25, 0.3) is 11.8 Å². The zero-order valence-corrected chi connectivity index (χ0v) is 23.4. The fourth-order valence-electron chi connectivity index (χ4n) is 4.81. The van der Waals surface area contributed by atoms with Gasteiger partial charge in [0.05, 0.1) is 54.0 Å². The molecule has 14 heteroatoms. The maximum absolute atomic E-state index is 14.7. The van der Waals surface area contributed by atoms with Crippen LogP contribution in [-0.4, -0.2) is 53.9 Å². The van der Waals surface area contributed by atoms with Crippen LogP contribution in [0.5, 0.6) is 11.5 Å². The first-order valence-corrected chi connectivity index (χ1v) is 14.9. The number of carbonyl (C=O) groups is 1. The number of aromatic nitrogens is 3. The van der Waals surface area contributed by atoms with Gasteiger partial charge < -0.3 is 14.8 Å². The van der Waals surface area contributed by atoms with Crippen LogP contribution in [0.1, 0.15) is 47.4 Å². The normalized spacial score (nSPS) is 20.0. The Morgan fingerprint density at radius 2 is 1.88 bits per heavy atom. The Kier molecular flexibility index (Phi) is 7.19. The van der Waals surface area contributed by atoms with E-state index in [1.807, 2.05) is 0 Å². The predicted molar refractivity (Wildman–Crippen MR) is 146 cm³/mol. The Morgan fingerprint density at radius 3 is 2.63 bits per heavy atom. The van der Waals surface area contributed by atoms with E-state index in [0.29, 0.717) is 40.3 Å². The highest BCUT2D eigenvalue weighted by atomic mass is 32.2. The molecule has 6 rings (SSSR count). The molecular weight excluding hydrogens is 592 g/mol. The number of nitrogens with zero attached hydrogens (tertiary/aromatic N) is 3. The lowest BCUT2D eigenvalue weighted by Crippen LogP contribution is -2.24. The van der Waals surface area contributed by atoms with Gasteiger partial charge in [-0.1, -0.05) is 0 Å². The molecule has 0 spiro atoms. The Morgan fingerprint density at radius 1 is 1.14 bits per heavy atom. The fourth-order valence-corrected chi connectivity index (χ4v) is 6.20. The number of halogens is 4. The Hall–Kier alpha value is -4.33. The number of benzene rings is 1. The van der Waals surface area contributed by atoms with Crippen molar-refractivity contribution in [3.05, 3.63) is 71.4 Å². The zero-order chi connectivity index (χ0) is 30.5. The molecule has 1 saturated carbocycles. The van der Waals surface area contributed by atoms with Gasteiger partial charge in [-0.05, 0) is 49.4 Å². The van der Waals surface area contributed by atoms with E-state index >= 15 is 0 Å². The number of fused-ring (bicyclic) bond motifs is 2. The van der Waals surface area contributed by atoms with Gasteiger partial charge in [-0.25, -0.2) is 35.9 Å². The van der Waals surface area contributed by atoms with Gasteiger partial charge in [0.15, 0.2) is 11.6 Å². The number of pyridine rings is 3. The standard InChI is InChI=1S/C29H24F4N4O5S/c1-2-41-23-6-5-21(37-26(23)18-12-29(18,32)33)20-4-3-15-13-34-17(11-22(15)36-20)14-35-28(38)16-9-19(30)27-24(10-16)43(39,40)25(31)7-8-42-27/h3-6,9-11,13,18,25H,2,7-8,12,14H2,1H3,(H,35,38)/t18-,25-/m1/s1. The number of hydrogen-bond acceptors (Lipinski definition) is 8. The third-order valence-corrected chi connectivity index (χ3v) is 9.00. The second kappa shape index (κ2) is 10.7. The van der Waals surface area contributed by atoms with Crippen molar-refractivity contribution in [2.45, 2.75) is 48.5 Å². The second-order valence-corrected chi connectivity index (χ2v) is 12.2. The summed E-state index contributed by atoms with van der Waals surface area (Å²) in [5.41, 5.74) is -0.772. The second-order valence-electron chi connectivity index (χ2n) is 10.2. The predicted octanol–water partition coefficient (Wildman–Crippen LogP) is 5.13. The molecule has 9 nitrogen and oxygen atoms in total. The first kappa shape index (κ1) is 28.8. The third-order valence-electron chi connectivity index (χ3n) is 7.17. The van der Waals surface area contributed by atoms with E-state index in [4.69, 9.17) is 9.47 Å². The number of amides is 1. The lowest BCUT2D eigenvalue weighted by Gasteiger charge is -2.12. The number of alkyl halides is 3. The quantitative estimate of drug-likeness (QED) is 0.284. The van der Waals surface area contributed by atoms with Crippen molar-refractivity contribution in [2.75, 3.05) is 13.2 Å². The summed E-state index contributed by atoms with van der Waals surface area (Å²) >= 11 is 0. The smallest absolute Gasteiger partial charge is 0.257 e. The average Bonchev–Trinajstić information content (AvgIpc) is 3.65. The molecule has 3 aromatic heterocycles. The first-order chi connectivity index (χ1) is 20.5. The molecular formula is C29H24F4N4O5S. The topological polar surface area (TPSA) is 120 Å². The molecule has 0 radical (unpaired) electrons. The van der Waals surface area contributed by atoms with E-state index in [2.05, 4.69) is 20.3 Å². The summed E-state index contributed by atoms with van der Waals surface area (Å²) in [7, 11) is -4.55. The maximum Gasteiger partial charge on any atom is 0.257 e. The summed E-state index contributed by atoms with van der Waals surface area (Å²) in [6.07, 6.45) is 0.768. The Balaban J connectivity index is 1.23. The van der Waals surface area contributed by atoms with Crippen LogP contribution >= 0.6 is 0 Å². The maximum atomic E-state index is 14.7. The highest BCUT2D eigenvalue weighted by molar-refractivity contribution is 7.92. The van der Waals surface area contributed by atoms with E-state index < -0.39 is 56.0 Å². The lowest BCUT2D eigenvalue weighted by molar-refractivity contribution is 0.0949. The summed E-state index contributed by atoms with van der Waals surface area (Å²) in [5, 5.41) is 3.21. The van der Waals surface area contributed by atoms with Crippen LogP contribution in [0, 0.1) is 5.82 Å². The molecule has 0 unspecified atom stereocenters. The molecule has 1 fully saturated rings. The van der Waals surface area contributed by atoms with Crippen molar-refractivity contribution >= 4 is 26.6 Å². The highest BCUT2D eigenvalue weighted by Crippen LogP contribution is 2.57. The average molecular weight is 617 g/mol. The van der Waals surface area contributed by atoms with Crippen molar-refractivity contribution in [2.24, 2.45) is 0 Å². The van der Waals surface area contributed by atoms with Gasteiger partial charge in [-0.15, -0.1) is 0 Å². The van der Waals surface area contributed by atoms with Crippen LogP contribution in [-0.2, 0) is 16.4 Å². The molecule has 1 aromatic carbocycles. The molecule has 1 amide bonds. The molecule has 1 aliphatic heterocycles. The number of rotatable bonds is 7. The minimum atomic E-state index is -4.55. The summed E-state index contributed by atoms with van der Waals surface area (Å²) in [5.74, 6) is -6.08. The van der Waals surface area contributed by atoms with Gasteiger partial charge in [0, 0.05) is 30.0 Å². The van der Waals surface area contributed by atoms with Crippen LogP contribution < -0.4 is 14.8 Å². The van der Waals surface area contributed by atoms with E-state index in [-0.39, 0.29) is 30.8 Å². The van der Waals surface area contributed by atoms with Crippen LogP contribution in [0.3, 0.4) is 0 Å². The Labute approximate surface area is 243 Å². The number of carbonyl (C=O) groups excluding carboxylic acids is 1. The van der Waals surface area contributed by atoms with E-state index in [1.165, 1.54) is 6.20 Å². The van der Waals surface area contributed by atoms with Crippen molar-refractivity contribution in [1.29, 1.82) is 0 Å². The van der Waals surface area contributed by atoms with Gasteiger partial charge in [0.1, 0.15) is 10.6 Å². The minimum Gasteiger partial charge on any atom is -0.492 e. The molecule has 0 saturated heterocycles. The number of ether oxygens (including phenoxy) is 2. The largest absolute Gasteiger partial charge is 0.492 e. The number of sulfone groups is 1. The zero-order valence-electron chi connectivity index (χ0n) is 22.6. The molecule has 4 aromatic rings. The fraction of sp³-hybridized carbons (Fsp3) is 0.310.